The van der Waals surface area contributed by atoms with Crippen LogP contribution >= 0.6 is 0 Å². The Morgan fingerprint density at radius 2 is 2.09 bits per heavy atom. The fourth-order valence-electron chi connectivity index (χ4n) is 7.73. The highest BCUT2D eigenvalue weighted by molar-refractivity contribution is 6.04. The van der Waals surface area contributed by atoms with Gasteiger partial charge in [0.1, 0.15) is 52.9 Å². The first kappa shape index (κ1) is 28.2. The van der Waals surface area contributed by atoms with Crippen LogP contribution in [-0.4, -0.2) is 88.6 Å². The number of hydrogen-bond donors (Lipinski definition) is 2. The van der Waals surface area contributed by atoms with Crippen LogP contribution in [-0.2, 0) is 0 Å². The number of benzene rings is 2. The Kier molecular flexibility index (Phi) is 6.48. The molecule has 0 amide bonds. The normalized spacial score (nSPS) is 25.9. The number of alkyl halides is 1. The lowest BCUT2D eigenvalue weighted by molar-refractivity contribution is 0.107. The van der Waals surface area contributed by atoms with Crippen LogP contribution in [0.2, 0.25) is 0 Å². The van der Waals surface area contributed by atoms with E-state index < -0.39 is 23.3 Å². The zero-order valence-electron chi connectivity index (χ0n) is 24.6. The number of hydrogen-bond acceptors (Lipinski definition) is 9. The molecule has 0 aliphatic carbocycles. The van der Waals surface area contributed by atoms with Crippen molar-refractivity contribution in [1.29, 1.82) is 0 Å². The monoisotopic (exact) mass is 616 g/mol. The lowest BCUT2D eigenvalue weighted by Gasteiger charge is -2.36. The number of phenols is 1. The van der Waals surface area contributed by atoms with Crippen molar-refractivity contribution < 1.29 is 27.8 Å². The van der Waals surface area contributed by atoms with Gasteiger partial charge in [-0.3, -0.25) is 4.90 Å². The van der Waals surface area contributed by atoms with Gasteiger partial charge in [-0.15, -0.1) is 6.42 Å². The van der Waals surface area contributed by atoms with Crippen molar-refractivity contribution in [2.75, 3.05) is 44.7 Å². The maximum atomic E-state index is 16.9. The summed E-state index contributed by atoms with van der Waals surface area (Å²) in [5.41, 5.74) is -0.742. The molecule has 12 heteroatoms. The summed E-state index contributed by atoms with van der Waals surface area (Å²) in [6.07, 6.45) is 7.25. The van der Waals surface area contributed by atoms with Gasteiger partial charge in [-0.05, 0) is 55.9 Å². The van der Waals surface area contributed by atoms with Gasteiger partial charge in [-0.2, -0.15) is 9.97 Å². The summed E-state index contributed by atoms with van der Waals surface area (Å²) in [4.78, 5) is 18.0. The Hall–Kier alpha value is -4.34. The third-order valence-corrected chi connectivity index (χ3v) is 9.88. The summed E-state index contributed by atoms with van der Waals surface area (Å²) in [6.45, 7) is 2.66. The molecule has 2 aromatic carbocycles. The number of nitrogens with zero attached hydrogens (tertiary/aromatic N) is 5. The van der Waals surface area contributed by atoms with Gasteiger partial charge in [0, 0.05) is 37.5 Å². The van der Waals surface area contributed by atoms with Crippen LogP contribution in [0.5, 0.6) is 17.6 Å². The van der Waals surface area contributed by atoms with Gasteiger partial charge in [0.05, 0.1) is 17.1 Å². The molecule has 3 fully saturated rings. The molecule has 2 aromatic heterocycles. The number of piperidine rings is 1. The lowest BCUT2D eigenvalue weighted by atomic mass is 9.95. The van der Waals surface area contributed by atoms with Crippen molar-refractivity contribution in [2.24, 2.45) is 0 Å². The molecule has 8 rings (SSSR count). The molecular weight excluding hydrogens is 585 g/mol. The van der Waals surface area contributed by atoms with E-state index in [2.05, 4.69) is 26.1 Å². The summed E-state index contributed by atoms with van der Waals surface area (Å²) in [6, 6.07) is 5.22. The standard InChI is InChI=1S/C33H31F3N6O3/c1-3-20-22(35)6-5-17-11-19(43)12-21(25(17)20)28-27(36)29-26-30(41(2)23-14-37-9-7-24(23)45-31(26)38-28)40-32(39-29)44-16-33-8-4-10-42(33)15-18(34)13-33/h1,5-6,11-12,18,23-24,37,43H,4,7-10,13-16H2,2H3/t18-,23?,24?,33+/m1/s1. The number of likely N-dealkylation sites (N-methyl/N-ethyl adjacent to an activating group) is 1. The first-order chi connectivity index (χ1) is 21.8. The summed E-state index contributed by atoms with van der Waals surface area (Å²) < 4.78 is 59.0. The van der Waals surface area contributed by atoms with Crippen LogP contribution in [0.25, 0.3) is 32.9 Å². The molecule has 0 radical (unpaired) electrons. The molecule has 3 saturated heterocycles. The minimum Gasteiger partial charge on any atom is -0.508 e. The van der Waals surface area contributed by atoms with Gasteiger partial charge in [-0.1, -0.05) is 12.0 Å². The third-order valence-electron chi connectivity index (χ3n) is 9.88. The van der Waals surface area contributed by atoms with Crippen molar-refractivity contribution in [3.8, 4) is 41.2 Å². The molecule has 0 saturated carbocycles. The van der Waals surface area contributed by atoms with E-state index in [9.17, 15) is 13.9 Å². The van der Waals surface area contributed by atoms with Crippen molar-refractivity contribution >= 4 is 27.5 Å². The number of nitrogens with one attached hydrogen (secondary N) is 1. The average Bonchev–Trinajstić information content (AvgIpc) is 3.52. The van der Waals surface area contributed by atoms with E-state index in [1.54, 1.807) is 0 Å². The average molecular weight is 617 g/mol. The van der Waals surface area contributed by atoms with E-state index in [0.717, 1.165) is 25.9 Å². The molecule has 4 aliphatic heterocycles. The molecular formula is C33H31F3N6O3. The summed E-state index contributed by atoms with van der Waals surface area (Å²) >= 11 is 0. The van der Waals surface area contributed by atoms with E-state index in [4.69, 9.17) is 20.9 Å². The Balaban J connectivity index is 1.34. The molecule has 9 nitrogen and oxygen atoms in total. The third kappa shape index (κ3) is 4.35. The predicted octanol–water partition coefficient (Wildman–Crippen LogP) is 4.32. The minimum atomic E-state index is -0.932. The lowest BCUT2D eigenvalue weighted by Crippen LogP contribution is -2.54. The number of aromatic hydroxyl groups is 1. The van der Waals surface area contributed by atoms with E-state index in [1.165, 1.54) is 24.3 Å². The zero-order valence-corrected chi connectivity index (χ0v) is 24.6. The molecule has 0 spiro atoms. The van der Waals surface area contributed by atoms with E-state index in [0.29, 0.717) is 37.1 Å². The fourth-order valence-corrected chi connectivity index (χ4v) is 7.73. The van der Waals surface area contributed by atoms with E-state index in [1.807, 2.05) is 11.9 Å². The number of fused-ring (bicyclic) bond motifs is 3. The number of ether oxygens (including phenoxy) is 2. The van der Waals surface area contributed by atoms with Gasteiger partial charge in [0.2, 0.25) is 5.88 Å². The Morgan fingerprint density at radius 3 is 2.93 bits per heavy atom. The molecule has 2 unspecified atom stereocenters. The predicted molar refractivity (Wildman–Crippen MR) is 162 cm³/mol. The maximum absolute atomic E-state index is 16.9. The van der Waals surface area contributed by atoms with Crippen LogP contribution in [0, 0.1) is 24.0 Å². The largest absolute Gasteiger partial charge is 0.508 e. The Bertz CT molecular complexity index is 1920. The molecule has 45 heavy (non-hydrogen) atoms. The van der Waals surface area contributed by atoms with E-state index >= 15 is 4.39 Å². The van der Waals surface area contributed by atoms with Gasteiger partial charge >= 0.3 is 6.01 Å². The highest BCUT2D eigenvalue weighted by Crippen LogP contribution is 2.45. The molecule has 4 aliphatic rings. The number of pyridine rings is 1. The molecule has 4 atom stereocenters. The van der Waals surface area contributed by atoms with Crippen LogP contribution < -0.4 is 19.7 Å². The van der Waals surface area contributed by atoms with Crippen molar-refractivity contribution in [3.05, 3.63) is 41.5 Å². The Labute approximate surface area is 257 Å². The summed E-state index contributed by atoms with van der Waals surface area (Å²) in [7, 11) is 1.87. The first-order valence-corrected chi connectivity index (χ1v) is 15.2. The van der Waals surface area contributed by atoms with Crippen molar-refractivity contribution in [2.45, 2.75) is 49.5 Å². The van der Waals surface area contributed by atoms with E-state index in [-0.39, 0.29) is 69.5 Å². The van der Waals surface area contributed by atoms with Gasteiger partial charge in [-0.25, -0.2) is 18.2 Å². The molecule has 6 heterocycles. The van der Waals surface area contributed by atoms with Crippen LogP contribution in [0.4, 0.5) is 19.0 Å². The smallest absolute Gasteiger partial charge is 0.319 e. The highest BCUT2D eigenvalue weighted by Gasteiger charge is 2.49. The first-order valence-electron chi connectivity index (χ1n) is 15.2. The van der Waals surface area contributed by atoms with Crippen molar-refractivity contribution in [3.63, 3.8) is 0 Å². The van der Waals surface area contributed by atoms with Gasteiger partial charge < -0.3 is 24.8 Å². The number of phenolic OH excluding ortho intramolecular Hbond substituents is 1. The van der Waals surface area contributed by atoms with Crippen molar-refractivity contribution in [1.82, 2.24) is 25.2 Å². The zero-order chi connectivity index (χ0) is 31.0. The SMILES string of the molecule is C#Cc1c(F)ccc2cc(O)cc(-c3nc4c5c(nc(OC[C@@]67CCCN6C[C@H](F)C7)nc5c3F)N(C)C3CNCCC3O4)c12. The summed E-state index contributed by atoms with van der Waals surface area (Å²) in [5, 5.41) is 14.9. The molecule has 0 bridgehead atoms. The van der Waals surface area contributed by atoms with Crippen LogP contribution in [0.1, 0.15) is 31.2 Å². The fraction of sp³-hybridized carbons (Fsp3) is 0.424. The Morgan fingerprint density at radius 1 is 1.22 bits per heavy atom. The number of anilines is 1. The minimum absolute atomic E-state index is 0.0479. The topological polar surface area (TPSA) is 95.9 Å². The number of terminal acetylenes is 1. The highest BCUT2D eigenvalue weighted by atomic mass is 19.1. The molecule has 4 aromatic rings. The van der Waals surface area contributed by atoms with Crippen LogP contribution in [0.3, 0.4) is 0 Å². The number of aromatic nitrogens is 3. The second-order valence-corrected chi connectivity index (χ2v) is 12.5. The quantitative estimate of drug-likeness (QED) is 0.325. The van der Waals surface area contributed by atoms with Crippen LogP contribution in [0.15, 0.2) is 24.3 Å². The number of halogens is 3. The molecule has 2 N–H and O–H groups in total. The van der Waals surface area contributed by atoms with Gasteiger partial charge in [0.25, 0.3) is 0 Å². The van der Waals surface area contributed by atoms with Gasteiger partial charge in [0.15, 0.2) is 5.82 Å². The second-order valence-electron chi connectivity index (χ2n) is 12.5. The maximum Gasteiger partial charge on any atom is 0.319 e. The number of rotatable bonds is 4. The molecule has 232 valence electrons. The summed E-state index contributed by atoms with van der Waals surface area (Å²) in [5.74, 6) is 1.23. The second kappa shape index (κ2) is 10.4.